The van der Waals surface area contributed by atoms with E-state index in [1.54, 1.807) is 0 Å². The molecule has 0 rings (SSSR count). The first-order valence-electron chi connectivity index (χ1n) is 5.07. The van der Waals surface area contributed by atoms with Crippen molar-refractivity contribution in [1.29, 1.82) is 0 Å². The second kappa shape index (κ2) is 9.58. The van der Waals surface area contributed by atoms with Gasteiger partial charge in [-0.25, -0.2) is 0 Å². The molecule has 0 aliphatic rings. The lowest BCUT2D eigenvalue weighted by Crippen LogP contribution is -2.32. The fourth-order valence-electron chi connectivity index (χ4n) is 0.826. The van der Waals surface area contributed by atoms with Crippen LogP contribution in [0.15, 0.2) is 0 Å². The molecule has 0 aliphatic carbocycles. The maximum Gasteiger partial charge on any atom is 0.321 e. The molecule has 8 heteroatoms. The molecule has 0 fully saturated rings. The zero-order valence-corrected chi connectivity index (χ0v) is 11.0. The SMILES string of the molecule is NC(CSCCCSCC(N)C(=O)O)C(=O)O. The van der Waals surface area contributed by atoms with Crippen LogP contribution >= 0.6 is 23.5 Å². The summed E-state index contributed by atoms with van der Waals surface area (Å²) in [5.41, 5.74) is 10.6. The Kier molecular flexibility index (Phi) is 9.33. The van der Waals surface area contributed by atoms with E-state index in [0.29, 0.717) is 11.5 Å². The van der Waals surface area contributed by atoms with Gasteiger partial charge in [-0.2, -0.15) is 23.5 Å². The van der Waals surface area contributed by atoms with Crippen molar-refractivity contribution in [2.45, 2.75) is 18.5 Å². The highest BCUT2D eigenvalue weighted by Crippen LogP contribution is 2.09. The van der Waals surface area contributed by atoms with Gasteiger partial charge in [-0.15, -0.1) is 0 Å². The molecule has 0 aromatic rings. The van der Waals surface area contributed by atoms with Crippen molar-refractivity contribution < 1.29 is 19.8 Å². The van der Waals surface area contributed by atoms with Crippen LogP contribution in [0, 0.1) is 0 Å². The van der Waals surface area contributed by atoms with E-state index in [0.717, 1.165) is 17.9 Å². The second-order valence-corrected chi connectivity index (χ2v) is 5.69. The smallest absolute Gasteiger partial charge is 0.321 e. The number of hydrogen-bond donors (Lipinski definition) is 4. The van der Waals surface area contributed by atoms with Crippen molar-refractivity contribution in [3.8, 4) is 0 Å². The van der Waals surface area contributed by atoms with Crippen molar-refractivity contribution in [3.63, 3.8) is 0 Å². The third-order valence-electron chi connectivity index (χ3n) is 1.81. The zero-order chi connectivity index (χ0) is 13.3. The van der Waals surface area contributed by atoms with Gasteiger partial charge in [0.05, 0.1) is 0 Å². The number of hydrogen-bond acceptors (Lipinski definition) is 6. The molecule has 0 aliphatic heterocycles. The molecule has 100 valence electrons. The number of carboxylic acid groups (broad SMARTS) is 2. The standard InChI is InChI=1S/C9H18N2O4S2/c10-6(8(12)13)4-16-2-1-3-17-5-7(11)9(14)15/h6-7H,1-5,10-11H2,(H,12,13)(H,14,15). The molecule has 0 heterocycles. The minimum atomic E-state index is -0.987. The fraction of sp³-hybridized carbons (Fsp3) is 0.778. The third kappa shape index (κ3) is 9.28. The highest BCUT2D eigenvalue weighted by atomic mass is 32.2. The molecule has 6 nitrogen and oxygen atoms in total. The summed E-state index contributed by atoms with van der Waals surface area (Å²) in [7, 11) is 0. The summed E-state index contributed by atoms with van der Waals surface area (Å²) in [6.45, 7) is 0. The Morgan fingerprint density at radius 1 is 0.941 bits per heavy atom. The lowest BCUT2D eigenvalue weighted by Gasteiger charge is -2.07. The highest BCUT2D eigenvalue weighted by Gasteiger charge is 2.11. The molecule has 2 unspecified atom stereocenters. The maximum atomic E-state index is 10.4. The van der Waals surface area contributed by atoms with Crippen molar-refractivity contribution in [2.24, 2.45) is 11.5 Å². The lowest BCUT2D eigenvalue weighted by molar-refractivity contribution is -0.138. The molecule has 17 heavy (non-hydrogen) atoms. The lowest BCUT2D eigenvalue weighted by atomic mass is 10.4. The molecule has 0 spiro atoms. The molecule has 0 bridgehead atoms. The van der Waals surface area contributed by atoms with E-state index in [1.807, 2.05) is 0 Å². The Morgan fingerprint density at radius 3 is 1.59 bits per heavy atom. The molecule has 2 atom stereocenters. The highest BCUT2D eigenvalue weighted by molar-refractivity contribution is 8.00. The van der Waals surface area contributed by atoms with Gasteiger partial charge in [0, 0.05) is 11.5 Å². The van der Waals surface area contributed by atoms with E-state index >= 15 is 0 Å². The number of carboxylic acids is 2. The molecule has 0 saturated carbocycles. The average Bonchev–Trinajstić information content (AvgIpc) is 2.26. The molecule has 0 aromatic heterocycles. The quantitative estimate of drug-likeness (QED) is 0.401. The van der Waals surface area contributed by atoms with Crippen LogP contribution in [0.1, 0.15) is 6.42 Å². The summed E-state index contributed by atoms with van der Waals surface area (Å²) in [6.07, 6.45) is 0.883. The first kappa shape index (κ1) is 16.6. The minimum Gasteiger partial charge on any atom is -0.480 e. The van der Waals surface area contributed by atoms with E-state index in [2.05, 4.69) is 0 Å². The summed E-state index contributed by atoms with van der Waals surface area (Å²) in [6, 6.07) is -1.62. The summed E-state index contributed by atoms with van der Waals surface area (Å²) in [5.74, 6) is 0.453. The molecule has 0 aromatic carbocycles. The van der Waals surface area contributed by atoms with Crippen LogP contribution in [0.25, 0.3) is 0 Å². The summed E-state index contributed by atoms with van der Waals surface area (Å²) in [5, 5.41) is 17.0. The largest absolute Gasteiger partial charge is 0.480 e. The normalized spacial score (nSPS) is 14.2. The number of nitrogens with two attached hydrogens (primary N) is 2. The molecule has 6 N–H and O–H groups in total. The second-order valence-electron chi connectivity index (χ2n) is 3.39. The Morgan fingerprint density at radius 2 is 1.29 bits per heavy atom. The topological polar surface area (TPSA) is 127 Å². The third-order valence-corrected chi connectivity index (χ3v) is 4.15. The van der Waals surface area contributed by atoms with Gasteiger partial charge in [0.1, 0.15) is 12.1 Å². The number of carbonyl (C=O) groups is 2. The number of rotatable bonds is 10. The average molecular weight is 282 g/mol. The van der Waals surface area contributed by atoms with E-state index in [9.17, 15) is 9.59 Å². The van der Waals surface area contributed by atoms with Gasteiger partial charge in [-0.3, -0.25) is 9.59 Å². The summed E-state index contributed by atoms with van der Waals surface area (Å²) >= 11 is 2.98. The Hall–Kier alpha value is -0.440. The number of aliphatic carboxylic acids is 2. The van der Waals surface area contributed by atoms with E-state index < -0.39 is 24.0 Å². The van der Waals surface area contributed by atoms with Gasteiger partial charge in [0.2, 0.25) is 0 Å². The van der Waals surface area contributed by atoms with Crippen LogP contribution in [-0.2, 0) is 9.59 Å². The molecular weight excluding hydrogens is 264 g/mol. The first-order valence-corrected chi connectivity index (χ1v) is 7.38. The van der Waals surface area contributed by atoms with E-state index in [4.69, 9.17) is 21.7 Å². The van der Waals surface area contributed by atoms with Crippen molar-refractivity contribution in [3.05, 3.63) is 0 Å². The monoisotopic (exact) mass is 282 g/mol. The van der Waals surface area contributed by atoms with Gasteiger partial charge >= 0.3 is 11.9 Å². The van der Waals surface area contributed by atoms with Gasteiger partial charge in [0.15, 0.2) is 0 Å². The van der Waals surface area contributed by atoms with Crippen LogP contribution in [0.3, 0.4) is 0 Å². The number of thioether (sulfide) groups is 2. The van der Waals surface area contributed by atoms with Gasteiger partial charge in [0.25, 0.3) is 0 Å². The molecule has 0 amide bonds. The molecular formula is C9H18N2O4S2. The first-order chi connectivity index (χ1) is 7.95. The molecule has 0 radical (unpaired) electrons. The molecule has 0 saturated heterocycles. The summed E-state index contributed by atoms with van der Waals surface area (Å²) in [4.78, 5) is 20.8. The van der Waals surface area contributed by atoms with Crippen LogP contribution < -0.4 is 11.5 Å². The van der Waals surface area contributed by atoms with Crippen molar-refractivity contribution in [1.82, 2.24) is 0 Å². The van der Waals surface area contributed by atoms with Crippen LogP contribution in [0.2, 0.25) is 0 Å². The van der Waals surface area contributed by atoms with Crippen molar-refractivity contribution in [2.75, 3.05) is 23.0 Å². The Bertz CT molecular complexity index is 229. The van der Waals surface area contributed by atoms with Crippen molar-refractivity contribution >= 4 is 35.5 Å². The van der Waals surface area contributed by atoms with Gasteiger partial charge in [-0.1, -0.05) is 0 Å². The maximum absolute atomic E-state index is 10.4. The van der Waals surface area contributed by atoms with E-state index in [1.165, 1.54) is 23.5 Å². The minimum absolute atomic E-state index is 0.397. The summed E-state index contributed by atoms with van der Waals surface area (Å²) < 4.78 is 0. The van der Waals surface area contributed by atoms with Crippen LogP contribution in [-0.4, -0.2) is 57.2 Å². The van der Waals surface area contributed by atoms with Gasteiger partial charge in [-0.05, 0) is 17.9 Å². The predicted octanol–water partition coefficient (Wildman–Crippen LogP) is -0.333. The zero-order valence-electron chi connectivity index (χ0n) is 9.37. The van der Waals surface area contributed by atoms with E-state index in [-0.39, 0.29) is 0 Å². The Labute approximate surface area is 108 Å². The fourth-order valence-corrected chi connectivity index (χ4v) is 2.83. The van der Waals surface area contributed by atoms with Crippen LogP contribution in [0.5, 0.6) is 0 Å². The Balaban J connectivity index is 3.30. The predicted molar refractivity (Wildman–Crippen MR) is 70.5 cm³/mol. The van der Waals surface area contributed by atoms with Crippen LogP contribution in [0.4, 0.5) is 0 Å². The van der Waals surface area contributed by atoms with Gasteiger partial charge < -0.3 is 21.7 Å².